The predicted molar refractivity (Wildman–Crippen MR) is 75.9 cm³/mol. The summed E-state index contributed by atoms with van der Waals surface area (Å²) in [4.78, 5) is 4.03. The highest BCUT2D eigenvalue weighted by atomic mass is 35.5. The normalized spacial score (nSPS) is 11.7. The van der Waals surface area contributed by atoms with Crippen molar-refractivity contribution >= 4 is 23.1 Å². The average molecular weight is 297 g/mol. The smallest absolute Gasteiger partial charge is 0.145 e. The standard InChI is InChI=1S/C13H14ClFN4O/c1-19-5-4-10(18-19)8-20-12-3-2-9(15)6-11(12)17-13(16)7-14/h2-6H,7-8H2,1H3,(H2,16,17). The van der Waals surface area contributed by atoms with E-state index in [0.717, 1.165) is 5.69 Å². The molecule has 106 valence electrons. The maximum Gasteiger partial charge on any atom is 0.145 e. The number of hydrogen-bond acceptors (Lipinski definition) is 3. The molecule has 0 saturated heterocycles. The lowest BCUT2D eigenvalue weighted by molar-refractivity contribution is 0.301. The van der Waals surface area contributed by atoms with Crippen LogP contribution in [0.15, 0.2) is 35.5 Å². The zero-order valence-corrected chi connectivity index (χ0v) is 11.6. The SMILES string of the molecule is Cn1ccc(COc2ccc(F)cc2N=C(N)CCl)n1. The van der Waals surface area contributed by atoms with Gasteiger partial charge in [-0.2, -0.15) is 5.10 Å². The topological polar surface area (TPSA) is 65.4 Å². The highest BCUT2D eigenvalue weighted by Crippen LogP contribution is 2.29. The fourth-order valence-corrected chi connectivity index (χ4v) is 1.64. The summed E-state index contributed by atoms with van der Waals surface area (Å²) in [7, 11) is 1.82. The van der Waals surface area contributed by atoms with Crippen LogP contribution in [-0.4, -0.2) is 21.5 Å². The molecule has 0 aliphatic heterocycles. The van der Waals surface area contributed by atoms with Crippen molar-refractivity contribution in [2.24, 2.45) is 17.8 Å². The number of rotatable bonds is 5. The average Bonchev–Trinajstić information content (AvgIpc) is 2.83. The Morgan fingerprint density at radius 1 is 1.50 bits per heavy atom. The van der Waals surface area contributed by atoms with E-state index in [2.05, 4.69) is 10.1 Å². The minimum Gasteiger partial charge on any atom is -0.485 e. The van der Waals surface area contributed by atoms with Crippen LogP contribution in [0.2, 0.25) is 0 Å². The second-order valence-corrected chi connectivity index (χ2v) is 4.39. The van der Waals surface area contributed by atoms with Gasteiger partial charge in [0.15, 0.2) is 0 Å². The summed E-state index contributed by atoms with van der Waals surface area (Å²) in [5.41, 5.74) is 6.62. The fraction of sp³-hybridized carbons (Fsp3) is 0.231. The van der Waals surface area contributed by atoms with Gasteiger partial charge in [-0.05, 0) is 18.2 Å². The van der Waals surface area contributed by atoms with Crippen LogP contribution < -0.4 is 10.5 Å². The van der Waals surface area contributed by atoms with Crippen molar-refractivity contribution in [1.82, 2.24) is 9.78 Å². The predicted octanol–water partition coefficient (Wildman–Crippen LogP) is 2.37. The van der Waals surface area contributed by atoms with Gasteiger partial charge >= 0.3 is 0 Å². The van der Waals surface area contributed by atoms with Crippen LogP contribution in [0.4, 0.5) is 10.1 Å². The van der Waals surface area contributed by atoms with E-state index in [4.69, 9.17) is 22.1 Å². The zero-order valence-electron chi connectivity index (χ0n) is 10.9. The first-order valence-corrected chi connectivity index (χ1v) is 6.42. The Balaban J connectivity index is 2.18. The Kier molecular flexibility index (Phi) is 4.57. The Bertz CT molecular complexity index is 627. The second-order valence-electron chi connectivity index (χ2n) is 4.12. The van der Waals surface area contributed by atoms with Gasteiger partial charge in [-0.1, -0.05) is 0 Å². The summed E-state index contributed by atoms with van der Waals surface area (Å²) < 4.78 is 20.5. The molecule has 2 aromatic rings. The quantitative estimate of drug-likeness (QED) is 0.523. The molecule has 0 amide bonds. The number of nitrogens with two attached hydrogens (primary N) is 1. The van der Waals surface area contributed by atoms with Gasteiger partial charge in [0.05, 0.1) is 11.6 Å². The first-order chi connectivity index (χ1) is 9.58. The molecule has 1 heterocycles. The number of benzene rings is 1. The Labute approximate surface area is 120 Å². The number of hydrogen-bond donors (Lipinski definition) is 1. The molecule has 1 aromatic carbocycles. The molecule has 0 fully saturated rings. The molecule has 1 aromatic heterocycles. The van der Waals surface area contributed by atoms with Crippen molar-refractivity contribution in [3.8, 4) is 5.75 Å². The molecule has 0 atom stereocenters. The lowest BCUT2D eigenvalue weighted by Crippen LogP contribution is -2.12. The summed E-state index contributed by atoms with van der Waals surface area (Å²) in [6.07, 6.45) is 1.81. The molecule has 0 saturated carbocycles. The summed E-state index contributed by atoms with van der Waals surface area (Å²) in [6.45, 7) is 0.260. The van der Waals surface area contributed by atoms with E-state index < -0.39 is 5.82 Å². The molecule has 5 nitrogen and oxygen atoms in total. The number of aliphatic imine (C=N–C) groups is 1. The van der Waals surface area contributed by atoms with E-state index in [0.29, 0.717) is 11.4 Å². The van der Waals surface area contributed by atoms with Crippen molar-refractivity contribution in [2.75, 3.05) is 5.88 Å². The van der Waals surface area contributed by atoms with Crippen molar-refractivity contribution < 1.29 is 9.13 Å². The molecule has 0 aliphatic rings. The Morgan fingerprint density at radius 3 is 2.95 bits per heavy atom. The molecule has 2 rings (SSSR count). The second kappa shape index (κ2) is 6.38. The molecule has 0 unspecified atom stereocenters. The van der Waals surface area contributed by atoms with Gasteiger partial charge in [0.1, 0.15) is 29.7 Å². The number of aromatic nitrogens is 2. The first-order valence-electron chi connectivity index (χ1n) is 5.88. The number of alkyl halides is 1. The van der Waals surface area contributed by atoms with Crippen LogP contribution in [0.1, 0.15) is 5.69 Å². The monoisotopic (exact) mass is 296 g/mol. The number of amidine groups is 1. The third kappa shape index (κ3) is 3.71. The maximum atomic E-state index is 13.3. The van der Waals surface area contributed by atoms with Gasteiger partial charge in [-0.15, -0.1) is 11.6 Å². The molecule has 2 N–H and O–H groups in total. The summed E-state index contributed by atoms with van der Waals surface area (Å²) >= 11 is 5.57. The number of halogens is 2. The Morgan fingerprint density at radius 2 is 2.30 bits per heavy atom. The van der Waals surface area contributed by atoms with E-state index in [-0.39, 0.29) is 18.3 Å². The van der Waals surface area contributed by atoms with Gasteiger partial charge in [-0.25, -0.2) is 9.38 Å². The van der Waals surface area contributed by atoms with Gasteiger partial charge in [0.2, 0.25) is 0 Å². The minimum absolute atomic E-state index is 0.0657. The molecular weight excluding hydrogens is 283 g/mol. The minimum atomic E-state index is -0.420. The molecule has 0 radical (unpaired) electrons. The van der Waals surface area contributed by atoms with Crippen molar-refractivity contribution in [2.45, 2.75) is 6.61 Å². The van der Waals surface area contributed by atoms with Crippen LogP contribution in [-0.2, 0) is 13.7 Å². The van der Waals surface area contributed by atoms with E-state index >= 15 is 0 Å². The molecule has 0 bridgehead atoms. The van der Waals surface area contributed by atoms with Crippen molar-refractivity contribution in [3.05, 3.63) is 42.0 Å². The number of ether oxygens (including phenoxy) is 1. The lowest BCUT2D eigenvalue weighted by atomic mass is 10.3. The van der Waals surface area contributed by atoms with Crippen LogP contribution in [0, 0.1) is 5.82 Å². The van der Waals surface area contributed by atoms with Gasteiger partial charge in [0, 0.05) is 19.3 Å². The third-order valence-corrected chi connectivity index (χ3v) is 2.74. The summed E-state index contributed by atoms with van der Waals surface area (Å²) in [5.74, 6) is 0.261. The molecule has 0 spiro atoms. The molecule has 20 heavy (non-hydrogen) atoms. The number of nitrogens with zero attached hydrogens (tertiary/aromatic N) is 3. The molecule has 0 aliphatic carbocycles. The maximum absolute atomic E-state index is 13.3. The highest BCUT2D eigenvalue weighted by Gasteiger charge is 2.07. The Hall–Kier alpha value is -2.08. The van der Waals surface area contributed by atoms with E-state index in [1.54, 1.807) is 4.68 Å². The lowest BCUT2D eigenvalue weighted by Gasteiger charge is -2.08. The van der Waals surface area contributed by atoms with Crippen molar-refractivity contribution in [3.63, 3.8) is 0 Å². The van der Waals surface area contributed by atoms with Crippen LogP contribution in [0.25, 0.3) is 0 Å². The van der Waals surface area contributed by atoms with Gasteiger partial charge < -0.3 is 10.5 Å². The van der Waals surface area contributed by atoms with Crippen molar-refractivity contribution in [1.29, 1.82) is 0 Å². The highest BCUT2D eigenvalue weighted by molar-refractivity contribution is 6.28. The van der Waals surface area contributed by atoms with E-state index in [9.17, 15) is 4.39 Å². The van der Waals surface area contributed by atoms with Crippen LogP contribution >= 0.6 is 11.6 Å². The zero-order chi connectivity index (χ0) is 14.5. The van der Waals surface area contributed by atoms with Gasteiger partial charge in [-0.3, -0.25) is 4.68 Å². The van der Waals surface area contributed by atoms with Crippen LogP contribution in [0.5, 0.6) is 5.75 Å². The summed E-state index contributed by atoms with van der Waals surface area (Å²) in [5, 5.41) is 4.19. The van der Waals surface area contributed by atoms with E-state index in [1.165, 1.54) is 18.2 Å². The molecule has 7 heteroatoms. The third-order valence-electron chi connectivity index (χ3n) is 2.47. The van der Waals surface area contributed by atoms with Crippen LogP contribution in [0.3, 0.4) is 0 Å². The first kappa shape index (κ1) is 14.3. The van der Waals surface area contributed by atoms with Gasteiger partial charge in [0.25, 0.3) is 0 Å². The summed E-state index contributed by atoms with van der Waals surface area (Å²) in [6, 6.07) is 5.87. The fourth-order valence-electron chi connectivity index (χ4n) is 1.58. The largest absolute Gasteiger partial charge is 0.485 e. The number of aryl methyl sites for hydroxylation is 1. The van der Waals surface area contributed by atoms with E-state index in [1.807, 2.05) is 19.3 Å². The molecular formula is C13H14ClFN4O.